The van der Waals surface area contributed by atoms with Crippen molar-refractivity contribution in [3.8, 4) is 11.8 Å². The number of nitrogens with one attached hydrogen (secondary N) is 3. The van der Waals surface area contributed by atoms with Crippen LogP contribution in [0.25, 0.3) is 0 Å². The van der Waals surface area contributed by atoms with Crippen molar-refractivity contribution >= 4 is 45.7 Å². The van der Waals surface area contributed by atoms with Crippen LogP contribution in [-0.2, 0) is 9.59 Å². The molecule has 0 aliphatic carbocycles. The van der Waals surface area contributed by atoms with E-state index < -0.39 is 5.92 Å². The van der Waals surface area contributed by atoms with Crippen LogP contribution in [-0.4, -0.2) is 29.2 Å². The molecule has 1 atom stereocenters. The van der Waals surface area contributed by atoms with Crippen LogP contribution < -0.4 is 20.7 Å². The van der Waals surface area contributed by atoms with Crippen LogP contribution in [0.15, 0.2) is 88.0 Å². The number of rotatable bonds is 9. The number of ether oxygens (including phenoxy) is 1. The normalized spacial score (nSPS) is 15.0. The zero-order valence-corrected chi connectivity index (χ0v) is 21.9. The highest BCUT2D eigenvalue weighted by Crippen LogP contribution is 2.44. The molecule has 1 aliphatic rings. The summed E-state index contributed by atoms with van der Waals surface area (Å²) in [7, 11) is 0. The second-order valence-corrected chi connectivity index (χ2v) is 9.80. The lowest BCUT2D eigenvalue weighted by atomic mass is 9.81. The van der Waals surface area contributed by atoms with Crippen LogP contribution in [0.2, 0.25) is 0 Å². The van der Waals surface area contributed by atoms with Gasteiger partial charge in [-0.15, -0.1) is 11.3 Å². The van der Waals surface area contributed by atoms with E-state index in [0.717, 1.165) is 0 Å². The molecule has 2 amide bonds. The number of thiazole rings is 1. The van der Waals surface area contributed by atoms with Gasteiger partial charge < -0.3 is 20.7 Å². The van der Waals surface area contributed by atoms with Crippen LogP contribution in [0, 0.1) is 11.3 Å². The van der Waals surface area contributed by atoms with Gasteiger partial charge in [0.1, 0.15) is 5.75 Å². The van der Waals surface area contributed by atoms with Gasteiger partial charge >= 0.3 is 0 Å². The second kappa shape index (κ2) is 12.3. The Morgan fingerprint density at radius 3 is 2.62 bits per heavy atom. The summed E-state index contributed by atoms with van der Waals surface area (Å²) in [6.07, 6.45) is 1.61. The lowest BCUT2D eigenvalue weighted by Crippen LogP contribution is -2.31. The third-order valence-corrected chi connectivity index (χ3v) is 7.19. The first-order valence-electron chi connectivity index (χ1n) is 11.5. The molecule has 8 nitrogen and oxygen atoms in total. The zero-order chi connectivity index (χ0) is 26.2. The van der Waals surface area contributed by atoms with Crippen molar-refractivity contribution < 1.29 is 14.3 Å². The molecule has 1 aromatic heterocycles. The molecule has 3 aromatic rings. The first-order valence-corrected chi connectivity index (χ1v) is 13.4. The van der Waals surface area contributed by atoms with E-state index in [0.29, 0.717) is 50.6 Å². The number of thioether (sulfide) groups is 1. The average Bonchev–Trinajstić information content (AvgIpc) is 3.41. The number of hydrogen-bond acceptors (Lipinski definition) is 8. The maximum atomic E-state index is 13.6. The Morgan fingerprint density at radius 1 is 1.16 bits per heavy atom. The van der Waals surface area contributed by atoms with Crippen molar-refractivity contribution in [1.29, 1.82) is 5.26 Å². The van der Waals surface area contributed by atoms with E-state index in [1.807, 2.05) is 49.4 Å². The molecule has 10 heteroatoms. The quantitative estimate of drug-likeness (QED) is 0.345. The molecule has 0 spiro atoms. The Hall–Kier alpha value is -4.07. The molecule has 188 valence electrons. The van der Waals surface area contributed by atoms with Gasteiger partial charge in [-0.1, -0.05) is 48.2 Å². The predicted molar refractivity (Wildman–Crippen MR) is 147 cm³/mol. The number of carbonyl (C=O) groups excluding carboxylic acids is 2. The molecule has 4 rings (SSSR count). The van der Waals surface area contributed by atoms with E-state index in [-0.39, 0.29) is 17.6 Å². The van der Waals surface area contributed by atoms with Crippen molar-refractivity contribution in [3.05, 3.63) is 93.6 Å². The minimum Gasteiger partial charge on any atom is -0.494 e. The number of nitriles is 1. The summed E-state index contributed by atoms with van der Waals surface area (Å²) in [6.45, 7) is 4.10. The summed E-state index contributed by atoms with van der Waals surface area (Å²) in [6, 6.07) is 18.8. The first-order chi connectivity index (χ1) is 18.0. The Kier molecular flexibility index (Phi) is 8.61. The third-order valence-electron chi connectivity index (χ3n) is 5.48. The van der Waals surface area contributed by atoms with Crippen molar-refractivity contribution in [1.82, 2.24) is 10.3 Å². The highest BCUT2D eigenvalue weighted by molar-refractivity contribution is 8.03. The Labute approximate surface area is 223 Å². The molecule has 1 unspecified atom stereocenters. The summed E-state index contributed by atoms with van der Waals surface area (Å²) in [5.74, 6) is -0.611. The smallest absolute Gasteiger partial charge is 0.254 e. The van der Waals surface area contributed by atoms with E-state index in [1.54, 1.807) is 30.6 Å². The number of para-hydroxylation sites is 2. The van der Waals surface area contributed by atoms with Crippen molar-refractivity contribution in [2.24, 2.45) is 0 Å². The van der Waals surface area contributed by atoms with Crippen LogP contribution in [0.4, 0.5) is 10.8 Å². The van der Waals surface area contributed by atoms with Gasteiger partial charge in [-0.2, -0.15) is 5.26 Å². The number of benzene rings is 2. The number of hydrogen-bond donors (Lipinski definition) is 3. The van der Waals surface area contributed by atoms with Gasteiger partial charge in [-0.3, -0.25) is 9.59 Å². The highest BCUT2D eigenvalue weighted by atomic mass is 32.2. The van der Waals surface area contributed by atoms with Gasteiger partial charge in [0.15, 0.2) is 5.13 Å². The predicted octanol–water partition coefficient (Wildman–Crippen LogP) is 5.25. The fourth-order valence-corrected chi connectivity index (χ4v) is 5.38. The topological polar surface area (TPSA) is 116 Å². The van der Waals surface area contributed by atoms with Gasteiger partial charge in [-0.05, 0) is 32.0 Å². The molecule has 0 bridgehead atoms. The van der Waals surface area contributed by atoms with Crippen LogP contribution in [0.5, 0.6) is 5.75 Å². The largest absolute Gasteiger partial charge is 0.494 e. The number of carbonyl (C=O) groups is 2. The van der Waals surface area contributed by atoms with E-state index in [9.17, 15) is 14.9 Å². The minimum atomic E-state index is -0.692. The van der Waals surface area contributed by atoms with Gasteiger partial charge in [0.2, 0.25) is 5.91 Å². The Bertz CT molecular complexity index is 1380. The maximum Gasteiger partial charge on any atom is 0.254 e. The monoisotopic (exact) mass is 531 g/mol. The standard InChI is InChI=1S/C27H25N5O3S2/c1-3-35-21-12-8-7-11-19(21)24-20(15-28)26(37-16-22(33)32-27-29-13-14-36-27)30-17(2)23(24)25(34)31-18-9-5-4-6-10-18/h4-14,24,30H,3,16H2,1-2H3,(H,31,34)(H,29,32,33). The fourth-order valence-electron chi connectivity index (χ4n) is 3.94. The third kappa shape index (κ3) is 6.20. The summed E-state index contributed by atoms with van der Waals surface area (Å²) in [5, 5.41) is 22.0. The summed E-state index contributed by atoms with van der Waals surface area (Å²) in [4.78, 5) is 30.2. The summed E-state index contributed by atoms with van der Waals surface area (Å²) < 4.78 is 5.87. The molecule has 2 aromatic carbocycles. The highest BCUT2D eigenvalue weighted by Gasteiger charge is 2.36. The minimum absolute atomic E-state index is 0.0613. The molecule has 0 saturated heterocycles. The molecule has 3 N–H and O–H groups in total. The van der Waals surface area contributed by atoms with Crippen molar-refractivity contribution in [2.45, 2.75) is 19.8 Å². The number of nitrogens with zero attached hydrogens (tertiary/aromatic N) is 2. The lowest BCUT2D eigenvalue weighted by molar-refractivity contribution is -0.114. The SMILES string of the molecule is CCOc1ccccc1C1C(C#N)=C(SCC(=O)Nc2nccs2)NC(C)=C1C(=O)Nc1ccccc1. The van der Waals surface area contributed by atoms with Gasteiger partial charge in [-0.25, -0.2) is 4.98 Å². The Balaban J connectivity index is 1.70. The maximum absolute atomic E-state index is 13.6. The molecule has 2 heterocycles. The van der Waals surface area contributed by atoms with Crippen LogP contribution in [0.3, 0.4) is 0 Å². The van der Waals surface area contributed by atoms with Crippen molar-refractivity contribution in [2.75, 3.05) is 23.0 Å². The number of aromatic nitrogens is 1. The molecule has 1 aliphatic heterocycles. The van der Waals surface area contributed by atoms with E-state index in [4.69, 9.17) is 4.74 Å². The number of anilines is 2. The van der Waals surface area contributed by atoms with Crippen LogP contribution >= 0.6 is 23.1 Å². The Morgan fingerprint density at radius 2 is 1.92 bits per heavy atom. The molecule has 0 radical (unpaired) electrons. The van der Waals surface area contributed by atoms with Crippen molar-refractivity contribution in [3.63, 3.8) is 0 Å². The van der Waals surface area contributed by atoms with Gasteiger partial charge in [0.25, 0.3) is 5.91 Å². The van der Waals surface area contributed by atoms with Gasteiger partial charge in [0.05, 0.1) is 34.9 Å². The zero-order valence-electron chi connectivity index (χ0n) is 20.3. The first kappa shape index (κ1) is 26.0. The fraction of sp³-hybridized carbons (Fsp3) is 0.185. The molecular weight excluding hydrogens is 506 g/mol. The average molecular weight is 532 g/mol. The van der Waals surface area contributed by atoms with E-state index in [2.05, 4.69) is 27.0 Å². The van der Waals surface area contributed by atoms with E-state index >= 15 is 0 Å². The number of dihydropyridines is 1. The second-order valence-electron chi connectivity index (χ2n) is 7.92. The van der Waals surface area contributed by atoms with E-state index in [1.165, 1.54) is 23.1 Å². The molecule has 37 heavy (non-hydrogen) atoms. The number of allylic oxidation sites excluding steroid dienone is 2. The number of amides is 2. The van der Waals surface area contributed by atoms with Crippen LogP contribution in [0.1, 0.15) is 25.3 Å². The van der Waals surface area contributed by atoms with Gasteiger partial charge in [0, 0.05) is 34.1 Å². The lowest BCUT2D eigenvalue weighted by Gasteiger charge is -2.30. The molecule has 0 saturated carbocycles. The molecule has 0 fully saturated rings. The summed E-state index contributed by atoms with van der Waals surface area (Å²) in [5.41, 5.74) is 2.68. The summed E-state index contributed by atoms with van der Waals surface area (Å²) >= 11 is 2.53. The molecular formula is C27H25N5O3S2.